The molecule has 0 aliphatic heterocycles. The molecule has 2 amide bonds. The Labute approximate surface area is 153 Å². The van der Waals surface area contributed by atoms with E-state index in [0.717, 1.165) is 5.56 Å². The van der Waals surface area contributed by atoms with Crippen molar-refractivity contribution >= 4 is 18.0 Å². The molecule has 2 rings (SSSR count). The van der Waals surface area contributed by atoms with Crippen molar-refractivity contribution in [3.63, 3.8) is 0 Å². The number of amides is 2. The average molecular weight is 353 g/mol. The first-order chi connectivity index (χ1) is 12.5. The maximum Gasteiger partial charge on any atom is 0.262 e. The lowest BCUT2D eigenvalue weighted by Gasteiger charge is -2.20. The minimum atomic E-state index is -0.697. The normalized spacial score (nSPS) is 12.0. The lowest BCUT2D eigenvalue weighted by atomic mass is 10.0. The average Bonchev–Trinajstić information content (AvgIpc) is 2.66. The Hall–Kier alpha value is -3.15. The van der Waals surface area contributed by atoms with Crippen molar-refractivity contribution in [2.24, 2.45) is 11.0 Å². The highest BCUT2D eigenvalue weighted by molar-refractivity contribution is 5.97. The summed E-state index contributed by atoms with van der Waals surface area (Å²) < 4.78 is 5.08. The minimum Gasteiger partial charge on any atom is -0.497 e. The molecule has 0 saturated carbocycles. The van der Waals surface area contributed by atoms with Gasteiger partial charge in [0.2, 0.25) is 0 Å². The van der Waals surface area contributed by atoms with Crippen LogP contribution in [-0.4, -0.2) is 31.2 Å². The van der Waals surface area contributed by atoms with Crippen LogP contribution in [0.2, 0.25) is 0 Å². The summed E-state index contributed by atoms with van der Waals surface area (Å²) in [6.07, 6.45) is 1.56. The van der Waals surface area contributed by atoms with Crippen LogP contribution in [0.1, 0.15) is 29.8 Å². The molecule has 0 radical (unpaired) electrons. The molecule has 0 spiro atoms. The smallest absolute Gasteiger partial charge is 0.262 e. The zero-order chi connectivity index (χ0) is 18.9. The summed E-state index contributed by atoms with van der Waals surface area (Å²) >= 11 is 0. The van der Waals surface area contributed by atoms with Crippen molar-refractivity contribution in [2.45, 2.75) is 19.9 Å². The van der Waals surface area contributed by atoms with Gasteiger partial charge in [0.05, 0.1) is 13.3 Å². The number of rotatable bonds is 7. The second-order valence-electron chi connectivity index (χ2n) is 6.07. The molecule has 6 nitrogen and oxygen atoms in total. The highest BCUT2D eigenvalue weighted by Gasteiger charge is 2.24. The predicted octanol–water partition coefficient (Wildman–Crippen LogP) is 2.60. The van der Waals surface area contributed by atoms with Gasteiger partial charge in [-0.25, -0.2) is 5.43 Å². The molecule has 6 heteroatoms. The van der Waals surface area contributed by atoms with Crippen LogP contribution in [-0.2, 0) is 4.79 Å². The van der Waals surface area contributed by atoms with E-state index in [4.69, 9.17) is 4.74 Å². The number of nitrogens with zero attached hydrogens (tertiary/aromatic N) is 1. The topological polar surface area (TPSA) is 79.8 Å². The Morgan fingerprint density at radius 1 is 1.04 bits per heavy atom. The fraction of sp³-hybridized carbons (Fsp3) is 0.250. The van der Waals surface area contributed by atoms with Crippen LogP contribution >= 0.6 is 0 Å². The fourth-order valence-electron chi connectivity index (χ4n) is 2.28. The molecule has 26 heavy (non-hydrogen) atoms. The SMILES string of the molecule is COc1ccc(C(=O)NC(C(=O)NN=Cc2ccccc2)C(C)C)cc1. The van der Waals surface area contributed by atoms with Crippen molar-refractivity contribution < 1.29 is 14.3 Å². The molecule has 1 unspecified atom stereocenters. The second-order valence-corrected chi connectivity index (χ2v) is 6.07. The molecule has 0 heterocycles. The zero-order valence-corrected chi connectivity index (χ0v) is 15.1. The van der Waals surface area contributed by atoms with Gasteiger partial charge in [0.1, 0.15) is 11.8 Å². The third-order valence-electron chi connectivity index (χ3n) is 3.78. The van der Waals surface area contributed by atoms with Crippen LogP contribution in [0.3, 0.4) is 0 Å². The van der Waals surface area contributed by atoms with Gasteiger partial charge in [-0.2, -0.15) is 5.10 Å². The van der Waals surface area contributed by atoms with Crippen molar-refractivity contribution in [1.82, 2.24) is 10.7 Å². The number of carbonyl (C=O) groups excluding carboxylic acids is 2. The zero-order valence-electron chi connectivity index (χ0n) is 15.1. The Balaban J connectivity index is 1.99. The maximum atomic E-state index is 12.4. The number of methoxy groups -OCH3 is 1. The summed E-state index contributed by atoms with van der Waals surface area (Å²) in [5.41, 5.74) is 3.81. The second kappa shape index (κ2) is 9.36. The predicted molar refractivity (Wildman–Crippen MR) is 101 cm³/mol. The number of hydrogen-bond acceptors (Lipinski definition) is 4. The van der Waals surface area contributed by atoms with Crippen LogP contribution in [0.25, 0.3) is 0 Å². The van der Waals surface area contributed by atoms with E-state index >= 15 is 0 Å². The molecular weight excluding hydrogens is 330 g/mol. The largest absolute Gasteiger partial charge is 0.497 e. The molecule has 0 aliphatic rings. The van der Waals surface area contributed by atoms with E-state index in [1.165, 1.54) is 0 Å². The summed E-state index contributed by atoms with van der Waals surface area (Å²) in [7, 11) is 1.56. The van der Waals surface area contributed by atoms with Crippen molar-refractivity contribution in [3.8, 4) is 5.75 Å². The van der Waals surface area contributed by atoms with Gasteiger partial charge in [0.25, 0.3) is 11.8 Å². The summed E-state index contributed by atoms with van der Waals surface area (Å²) in [4.78, 5) is 24.8. The fourth-order valence-corrected chi connectivity index (χ4v) is 2.28. The third-order valence-corrected chi connectivity index (χ3v) is 3.78. The van der Waals surface area contributed by atoms with Crippen molar-refractivity contribution in [1.29, 1.82) is 0 Å². The standard InChI is InChI=1S/C20H23N3O3/c1-14(2)18(20(25)23-21-13-15-7-5-4-6-8-15)22-19(24)16-9-11-17(26-3)12-10-16/h4-14,18H,1-3H3,(H,22,24)(H,23,25). The monoisotopic (exact) mass is 353 g/mol. The molecule has 0 aliphatic carbocycles. The number of carbonyl (C=O) groups is 2. The molecule has 136 valence electrons. The molecule has 2 aromatic rings. The molecule has 0 saturated heterocycles. The van der Waals surface area contributed by atoms with E-state index < -0.39 is 6.04 Å². The first kappa shape index (κ1) is 19.2. The van der Waals surface area contributed by atoms with Gasteiger partial charge in [0.15, 0.2) is 0 Å². The molecule has 2 N–H and O–H groups in total. The van der Waals surface area contributed by atoms with E-state index in [9.17, 15) is 9.59 Å². The van der Waals surface area contributed by atoms with Crippen LogP contribution in [0.5, 0.6) is 5.75 Å². The van der Waals surface area contributed by atoms with E-state index in [1.807, 2.05) is 44.2 Å². The van der Waals surface area contributed by atoms with Gasteiger partial charge in [-0.3, -0.25) is 9.59 Å². The highest BCUT2D eigenvalue weighted by Crippen LogP contribution is 2.12. The van der Waals surface area contributed by atoms with Gasteiger partial charge >= 0.3 is 0 Å². The minimum absolute atomic E-state index is 0.0934. The number of hydrazone groups is 1. The van der Waals surface area contributed by atoms with E-state index in [-0.39, 0.29) is 17.7 Å². The van der Waals surface area contributed by atoms with Gasteiger partial charge in [0, 0.05) is 5.56 Å². The third kappa shape index (κ3) is 5.44. The first-order valence-corrected chi connectivity index (χ1v) is 8.34. The van der Waals surface area contributed by atoms with E-state index in [1.54, 1.807) is 37.6 Å². The number of hydrogen-bond donors (Lipinski definition) is 2. The molecule has 2 aromatic carbocycles. The first-order valence-electron chi connectivity index (χ1n) is 8.34. The van der Waals surface area contributed by atoms with Gasteiger partial charge < -0.3 is 10.1 Å². The Morgan fingerprint density at radius 2 is 1.69 bits per heavy atom. The summed E-state index contributed by atoms with van der Waals surface area (Å²) in [5, 5.41) is 6.71. The van der Waals surface area contributed by atoms with Crippen LogP contribution in [0, 0.1) is 5.92 Å². The maximum absolute atomic E-state index is 12.4. The van der Waals surface area contributed by atoms with Crippen LogP contribution < -0.4 is 15.5 Å². The van der Waals surface area contributed by atoms with E-state index in [0.29, 0.717) is 11.3 Å². The van der Waals surface area contributed by atoms with Gasteiger partial charge in [-0.15, -0.1) is 0 Å². The summed E-state index contributed by atoms with van der Waals surface area (Å²) in [6, 6.07) is 15.4. The Kier molecular flexibility index (Phi) is 6.91. The molecule has 0 bridgehead atoms. The van der Waals surface area contributed by atoms with Gasteiger partial charge in [-0.05, 0) is 35.7 Å². The number of nitrogens with one attached hydrogen (secondary N) is 2. The van der Waals surface area contributed by atoms with Crippen molar-refractivity contribution in [2.75, 3.05) is 7.11 Å². The molecule has 1 atom stereocenters. The summed E-state index contributed by atoms with van der Waals surface area (Å²) in [6.45, 7) is 3.72. The molecule has 0 fully saturated rings. The molecule has 0 aromatic heterocycles. The lowest BCUT2D eigenvalue weighted by Crippen LogP contribution is -2.48. The lowest BCUT2D eigenvalue weighted by molar-refractivity contribution is -0.123. The van der Waals surface area contributed by atoms with Gasteiger partial charge in [-0.1, -0.05) is 44.2 Å². The molecular formula is C20H23N3O3. The quantitative estimate of drug-likeness (QED) is 0.593. The van der Waals surface area contributed by atoms with Crippen molar-refractivity contribution in [3.05, 3.63) is 65.7 Å². The van der Waals surface area contributed by atoms with Crippen LogP contribution in [0.15, 0.2) is 59.7 Å². The number of benzene rings is 2. The highest BCUT2D eigenvalue weighted by atomic mass is 16.5. The van der Waals surface area contributed by atoms with Crippen LogP contribution in [0.4, 0.5) is 0 Å². The Bertz CT molecular complexity index is 756. The Morgan fingerprint density at radius 3 is 2.27 bits per heavy atom. The van der Waals surface area contributed by atoms with E-state index in [2.05, 4.69) is 15.8 Å². The number of ether oxygens (including phenoxy) is 1. The summed E-state index contributed by atoms with van der Waals surface area (Å²) in [5.74, 6) is -0.123.